The molecule has 0 aliphatic carbocycles. The number of carbonyl (C=O) groups excluding carboxylic acids is 1. The number of halogens is 2. The highest BCUT2D eigenvalue weighted by atomic mass is 19.1. The molecule has 0 bridgehead atoms. The van der Waals surface area contributed by atoms with Gasteiger partial charge in [-0.1, -0.05) is 6.07 Å². The number of fused-ring (bicyclic) bond motifs is 2. The number of nitrogens with zero attached hydrogens (tertiary/aromatic N) is 4. The van der Waals surface area contributed by atoms with Gasteiger partial charge in [0.05, 0.1) is 24.4 Å². The van der Waals surface area contributed by atoms with Crippen LogP contribution in [0.25, 0.3) is 11.3 Å². The third-order valence-electron chi connectivity index (χ3n) is 6.32. The lowest BCUT2D eigenvalue weighted by Gasteiger charge is -2.44. The summed E-state index contributed by atoms with van der Waals surface area (Å²) in [7, 11) is 1.65. The molecule has 0 saturated carbocycles. The number of amides is 1. The summed E-state index contributed by atoms with van der Waals surface area (Å²) in [6.45, 7) is 2.70. The Balaban J connectivity index is 1.54. The molecule has 2 atom stereocenters. The van der Waals surface area contributed by atoms with Crippen LogP contribution in [0.5, 0.6) is 5.75 Å². The minimum Gasteiger partial charge on any atom is -0.503 e. The van der Waals surface area contributed by atoms with E-state index in [0.717, 1.165) is 6.07 Å². The molecule has 4 heterocycles. The normalized spacial score (nSPS) is 20.0. The van der Waals surface area contributed by atoms with Gasteiger partial charge in [-0.05, 0) is 31.0 Å². The molecule has 5 rings (SSSR count). The van der Waals surface area contributed by atoms with Crippen molar-refractivity contribution in [3.8, 4) is 17.0 Å². The van der Waals surface area contributed by atoms with E-state index in [0.29, 0.717) is 18.7 Å². The Labute approximate surface area is 187 Å². The Morgan fingerprint density at radius 3 is 2.79 bits per heavy atom. The van der Waals surface area contributed by atoms with Gasteiger partial charge in [0.2, 0.25) is 5.43 Å². The van der Waals surface area contributed by atoms with Gasteiger partial charge in [0, 0.05) is 37.5 Å². The molecule has 0 radical (unpaired) electrons. The predicted molar refractivity (Wildman–Crippen MR) is 114 cm³/mol. The van der Waals surface area contributed by atoms with Crippen molar-refractivity contribution in [1.82, 2.24) is 19.2 Å². The molecule has 1 amide bonds. The van der Waals surface area contributed by atoms with Crippen LogP contribution in [-0.4, -0.2) is 49.1 Å². The highest BCUT2D eigenvalue weighted by Crippen LogP contribution is 2.31. The topological polar surface area (TPSA) is 89.6 Å². The molecular weight excluding hydrogens is 434 g/mol. The van der Waals surface area contributed by atoms with Crippen LogP contribution in [-0.2, 0) is 24.8 Å². The number of ether oxygens (including phenoxy) is 1. The molecule has 33 heavy (non-hydrogen) atoms. The van der Waals surface area contributed by atoms with Crippen LogP contribution in [0.4, 0.5) is 8.78 Å². The number of hydrogen-bond donors (Lipinski definition) is 1. The van der Waals surface area contributed by atoms with Crippen molar-refractivity contribution in [3.63, 3.8) is 0 Å². The van der Waals surface area contributed by atoms with E-state index >= 15 is 0 Å². The van der Waals surface area contributed by atoms with Crippen molar-refractivity contribution < 1.29 is 23.4 Å². The summed E-state index contributed by atoms with van der Waals surface area (Å²) in [5.41, 5.74) is 0.480. The lowest BCUT2D eigenvalue weighted by molar-refractivity contribution is -0.112. The van der Waals surface area contributed by atoms with Crippen molar-refractivity contribution in [1.29, 1.82) is 0 Å². The molecule has 0 spiro atoms. The molecule has 0 unspecified atom stereocenters. The smallest absolute Gasteiger partial charge is 0.276 e. The first-order chi connectivity index (χ1) is 15.7. The second kappa shape index (κ2) is 7.80. The van der Waals surface area contributed by atoms with Gasteiger partial charge in [0.15, 0.2) is 17.7 Å². The molecular formula is C23H22F2N4O4. The zero-order valence-corrected chi connectivity index (χ0v) is 18.1. The molecule has 1 fully saturated rings. The third-order valence-corrected chi connectivity index (χ3v) is 6.32. The number of rotatable bonds is 3. The number of aryl methyl sites for hydroxylation is 1. The van der Waals surface area contributed by atoms with Crippen LogP contribution < -0.4 is 5.43 Å². The van der Waals surface area contributed by atoms with E-state index in [1.165, 1.54) is 27.6 Å². The lowest BCUT2D eigenvalue weighted by Crippen LogP contribution is -2.56. The first-order valence-corrected chi connectivity index (χ1v) is 10.6. The molecule has 2 aliphatic rings. The zero-order valence-electron chi connectivity index (χ0n) is 18.1. The maximum atomic E-state index is 14.1. The summed E-state index contributed by atoms with van der Waals surface area (Å²) in [6.07, 6.45) is 1.83. The monoisotopic (exact) mass is 456 g/mol. The van der Waals surface area contributed by atoms with Crippen molar-refractivity contribution in [2.45, 2.75) is 38.6 Å². The SMILES string of the molecule is C[C@@H]1CCO[C@H]2Cn3cc(-c4cc(Cc5ccc(F)cc5F)n(C)n4)c(=O)c(O)c3C(=O)N12. The summed E-state index contributed by atoms with van der Waals surface area (Å²) in [5, 5.41) is 15.0. The van der Waals surface area contributed by atoms with E-state index in [1.54, 1.807) is 18.0 Å². The van der Waals surface area contributed by atoms with Crippen LogP contribution in [0.2, 0.25) is 0 Å². The van der Waals surface area contributed by atoms with Gasteiger partial charge in [-0.15, -0.1) is 0 Å². The molecule has 172 valence electrons. The molecule has 1 aromatic carbocycles. The number of aromatic nitrogens is 3. The fraction of sp³-hybridized carbons (Fsp3) is 0.348. The number of benzene rings is 1. The number of hydrogen-bond acceptors (Lipinski definition) is 5. The Bertz CT molecular complexity index is 1330. The van der Waals surface area contributed by atoms with E-state index in [2.05, 4.69) is 5.10 Å². The highest BCUT2D eigenvalue weighted by Gasteiger charge is 2.40. The maximum absolute atomic E-state index is 14.1. The fourth-order valence-electron chi connectivity index (χ4n) is 4.50. The molecule has 1 N–H and O–H groups in total. The number of pyridine rings is 1. The summed E-state index contributed by atoms with van der Waals surface area (Å²) in [6, 6.07) is 4.90. The van der Waals surface area contributed by atoms with Gasteiger partial charge in [-0.25, -0.2) is 8.78 Å². The van der Waals surface area contributed by atoms with E-state index in [-0.39, 0.29) is 41.5 Å². The van der Waals surface area contributed by atoms with Gasteiger partial charge >= 0.3 is 0 Å². The van der Waals surface area contributed by atoms with Crippen LogP contribution in [0, 0.1) is 11.6 Å². The molecule has 3 aromatic rings. The minimum atomic E-state index is -0.712. The predicted octanol–water partition coefficient (Wildman–Crippen LogP) is 2.41. The minimum absolute atomic E-state index is 0.0654. The van der Waals surface area contributed by atoms with E-state index < -0.39 is 34.9 Å². The molecule has 2 aliphatic heterocycles. The van der Waals surface area contributed by atoms with Crippen LogP contribution in [0.1, 0.15) is 35.1 Å². The van der Waals surface area contributed by atoms with Crippen molar-refractivity contribution >= 4 is 5.91 Å². The standard InChI is InChI=1S/C23H22F2N4O4/c1-12-5-6-33-19-11-28-10-16(21(30)22(31)20(28)23(32)29(12)19)18-9-15(27(2)26-18)7-13-3-4-14(24)8-17(13)25/h3-4,8-10,12,19,31H,5-7,11H2,1-2H3/t12-,19+/m1/s1. The molecule has 1 saturated heterocycles. The van der Waals surface area contributed by atoms with Gasteiger partial charge in [0.25, 0.3) is 5.91 Å². The molecule has 10 heteroatoms. The molecule has 2 aromatic heterocycles. The second-order valence-corrected chi connectivity index (χ2v) is 8.45. The van der Waals surface area contributed by atoms with Crippen LogP contribution in [0.3, 0.4) is 0 Å². The van der Waals surface area contributed by atoms with Crippen molar-refractivity contribution in [3.05, 3.63) is 69.3 Å². The zero-order chi connectivity index (χ0) is 23.4. The average molecular weight is 456 g/mol. The lowest BCUT2D eigenvalue weighted by atomic mass is 10.0. The Hall–Kier alpha value is -3.53. The first kappa shape index (κ1) is 21.3. The summed E-state index contributed by atoms with van der Waals surface area (Å²) >= 11 is 0. The van der Waals surface area contributed by atoms with E-state index in [9.17, 15) is 23.5 Å². The number of aromatic hydroxyl groups is 1. The first-order valence-electron chi connectivity index (χ1n) is 10.6. The van der Waals surface area contributed by atoms with Crippen LogP contribution >= 0.6 is 0 Å². The summed E-state index contributed by atoms with van der Waals surface area (Å²) in [5.74, 6) is -2.42. The summed E-state index contributed by atoms with van der Waals surface area (Å²) in [4.78, 5) is 27.6. The largest absolute Gasteiger partial charge is 0.503 e. The van der Waals surface area contributed by atoms with Crippen LogP contribution in [0.15, 0.2) is 35.3 Å². The number of carbonyl (C=O) groups is 1. The van der Waals surface area contributed by atoms with Crippen molar-refractivity contribution in [2.24, 2.45) is 7.05 Å². The van der Waals surface area contributed by atoms with Gasteiger partial charge in [-0.3, -0.25) is 14.3 Å². The van der Waals surface area contributed by atoms with Gasteiger partial charge < -0.3 is 19.3 Å². The maximum Gasteiger partial charge on any atom is 0.276 e. The molecule has 8 nitrogen and oxygen atoms in total. The van der Waals surface area contributed by atoms with Gasteiger partial charge in [0.1, 0.15) is 11.6 Å². The van der Waals surface area contributed by atoms with E-state index in [4.69, 9.17) is 4.74 Å². The quantitative estimate of drug-likeness (QED) is 0.654. The van der Waals surface area contributed by atoms with Crippen molar-refractivity contribution in [2.75, 3.05) is 6.61 Å². The van der Waals surface area contributed by atoms with E-state index in [1.807, 2.05) is 6.92 Å². The Morgan fingerprint density at radius 1 is 1.24 bits per heavy atom. The fourth-order valence-corrected chi connectivity index (χ4v) is 4.50. The Morgan fingerprint density at radius 2 is 2.03 bits per heavy atom. The third kappa shape index (κ3) is 3.50. The average Bonchev–Trinajstić information content (AvgIpc) is 3.12. The highest BCUT2D eigenvalue weighted by molar-refractivity contribution is 5.96. The van der Waals surface area contributed by atoms with Gasteiger partial charge in [-0.2, -0.15) is 5.10 Å². The second-order valence-electron chi connectivity index (χ2n) is 8.45. The Kier molecular flexibility index (Phi) is 5.04. The summed E-state index contributed by atoms with van der Waals surface area (Å²) < 4.78 is 36.1.